The zero-order chi connectivity index (χ0) is 12.0. The van der Waals surface area contributed by atoms with Crippen LogP contribution in [0.3, 0.4) is 0 Å². The van der Waals surface area contributed by atoms with Crippen LogP contribution in [0.4, 0.5) is 0 Å². The summed E-state index contributed by atoms with van der Waals surface area (Å²) in [6.07, 6.45) is 1.20. The van der Waals surface area contributed by atoms with E-state index in [1.54, 1.807) is 18.2 Å². The summed E-state index contributed by atoms with van der Waals surface area (Å²) < 4.78 is 25.0. The molecule has 1 aromatic carbocycles. The van der Waals surface area contributed by atoms with Crippen LogP contribution in [0, 0.1) is 0 Å². The van der Waals surface area contributed by atoms with Crippen molar-refractivity contribution in [3.05, 3.63) is 40.2 Å². The van der Waals surface area contributed by atoms with Crippen LogP contribution in [0.15, 0.2) is 39.4 Å². The summed E-state index contributed by atoms with van der Waals surface area (Å²) in [6.45, 7) is 0. The molecule has 2 aromatic rings. The molecule has 0 fully saturated rings. The highest BCUT2D eigenvalue weighted by molar-refractivity contribution is 7.94. The molecule has 6 nitrogen and oxygen atoms in total. The smallest absolute Gasteiger partial charge is 0.249 e. The normalized spacial score (nSPS) is 16.0. The van der Waals surface area contributed by atoms with Gasteiger partial charge in [0.15, 0.2) is 5.82 Å². The summed E-state index contributed by atoms with van der Waals surface area (Å²) in [5.41, 5.74) is -0.0565. The van der Waals surface area contributed by atoms with Crippen molar-refractivity contribution < 1.29 is 8.42 Å². The fourth-order valence-electron chi connectivity index (χ4n) is 1.75. The number of H-pyrrole nitrogens is 1. The van der Waals surface area contributed by atoms with E-state index in [0.717, 1.165) is 5.41 Å². The second-order valence-corrected chi connectivity index (χ2v) is 5.35. The van der Waals surface area contributed by atoms with Gasteiger partial charge < -0.3 is 0 Å². The molecule has 0 atom stereocenters. The zero-order valence-electron chi connectivity index (χ0n) is 8.49. The third-order valence-electron chi connectivity index (χ3n) is 2.53. The number of hydrogen-bond donors (Lipinski definition) is 1. The summed E-state index contributed by atoms with van der Waals surface area (Å²) in [5.74, 6) is 0.294. The van der Waals surface area contributed by atoms with Gasteiger partial charge in [0.25, 0.3) is 0 Å². The van der Waals surface area contributed by atoms with Crippen molar-refractivity contribution in [1.82, 2.24) is 14.8 Å². The maximum Gasteiger partial charge on any atom is 0.347 e. The van der Waals surface area contributed by atoms with Crippen LogP contribution < -0.4 is 5.69 Å². The second-order valence-electron chi connectivity index (χ2n) is 3.55. The molecule has 1 N–H and O–H groups in total. The first-order valence-electron chi connectivity index (χ1n) is 4.79. The van der Waals surface area contributed by atoms with Gasteiger partial charge in [-0.05, 0) is 12.1 Å². The molecule has 0 saturated heterocycles. The number of rotatable bonds is 0. The number of nitrogens with one attached hydrogen (secondary N) is 1. The van der Waals surface area contributed by atoms with Crippen molar-refractivity contribution >= 4 is 16.0 Å². The Labute approximate surface area is 96.1 Å². The molecule has 0 saturated carbocycles. The first kappa shape index (κ1) is 10.0. The minimum absolute atomic E-state index is 0.147. The fraction of sp³-hybridized carbons (Fsp3) is 0. The molecule has 0 radical (unpaired) electrons. The molecule has 0 aliphatic carbocycles. The van der Waals surface area contributed by atoms with Gasteiger partial charge in [-0.1, -0.05) is 12.1 Å². The lowest BCUT2D eigenvalue weighted by Crippen LogP contribution is -2.11. The van der Waals surface area contributed by atoms with Gasteiger partial charge in [0.1, 0.15) is 0 Å². The topological polar surface area (TPSA) is 84.8 Å². The molecule has 0 spiro atoms. The predicted molar refractivity (Wildman–Crippen MR) is 60.8 cm³/mol. The standard InChI is InChI=1S/C10H7N3O3S/c14-10-12-11-9-7-3-1-2-4-8(7)17(15,16)6-5-13(9)10/h1-6H,(H,12,14). The van der Waals surface area contributed by atoms with Crippen molar-refractivity contribution in [1.29, 1.82) is 0 Å². The SMILES string of the molecule is O=c1[nH]nc2n1C=CS(=O)(=O)c1ccccc1-2. The highest BCUT2D eigenvalue weighted by Crippen LogP contribution is 2.28. The predicted octanol–water partition coefficient (Wildman–Crippen LogP) is 0.454. The maximum atomic E-state index is 11.9. The molecular weight excluding hydrogens is 242 g/mol. The number of fused-ring (bicyclic) bond motifs is 3. The Morgan fingerprint density at radius 1 is 1.24 bits per heavy atom. The van der Waals surface area contributed by atoms with Crippen LogP contribution in [0.25, 0.3) is 17.6 Å². The number of sulfone groups is 1. The van der Waals surface area contributed by atoms with Gasteiger partial charge in [-0.3, -0.25) is 0 Å². The average molecular weight is 249 g/mol. The third kappa shape index (κ3) is 1.36. The Bertz CT molecular complexity index is 783. The van der Waals surface area contributed by atoms with Gasteiger partial charge >= 0.3 is 5.69 Å². The highest BCUT2D eigenvalue weighted by atomic mass is 32.2. The quantitative estimate of drug-likeness (QED) is 0.734. The summed E-state index contributed by atoms with van der Waals surface area (Å²) in [5, 5.41) is 7.12. The number of hydrogen-bond acceptors (Lipinski definition) is 4. The summed E-state index contributed by atoms with van der Waals surface area (Å²) in [6, 6.07) is 6.43. The first-order chi connectivity index (χ1) is 8.09. The van der Waals surface area contributed by atoms with Crippen LogP contribution in [0.1, 0.15) is 0 Å². The van der Waals surface area contributed by atoms with Crippen LogP contribution in [-0.4, -0.2) is 23.2 Å². The average Bonchev–Trinajstić information content (AvgIpc) is 2.63. The van der Waals surface area contributed by atoms with E-state index in [2.05, 4.69) is 10.2 Å². The maximum absolute atomic E-state index is 11.9. The van der Waals surface area contributed by atoms with Crippen molar-refractivity contribution in [3.8, 4) is 11.4 Å². The van der Waals surface area contributed by atoms with Gasteiger partial charge in [0, 0.05) is 11.8 Å². The van der Waals surface area contributed by atoms with E-state index >= 15 is 0 Å². The Kier molecular flexibility index (Phi) is 1.87. The molecule has 0 unspecified atom stereocenters. The highest BCUT2D eigenvalue weighted by Gasteiger charge is 2.23. The summed E-state index contributed by atoms with van der Waals surface area (Å²) in [4.78, 5) is 11.6. The van der Waals surface area contributed by atoms with Crippen molar-refractivity contribution in [3.63, 3.8) is 0 Å². The van der Waals surface area contributed by atoms with Gasteiger partial charge in [-0.15, -0.1) is 0 Å². The van der Waals surface area contributed by atoms with Crippen molar-refractivity contribution in [2.75, 3.05) is 0 Å². The molecular formula is C10H7N3O3S. The van der Waals surface area contributed by atoms with E-state index in [9.17, 15) is 13.2 Å². The minimum Gasteiger partial charge on any atom is -0.249 e. The first-order valence-corrected chi connectivity index (χ1v) is 6.34. The van der Waals surface area contributed by atoms with E-state index < -0.39 is 15.5 Å². The van der Waals surface area contributed by atoms with Crippen LogP contribution >= 0.6 is 0 Å². The van der Waals surface area contributed by atoms with E-state index in [0.29, 0.717) is 11.4 Å². The Morgan fingerprint density at radius 2 is 2.00 bits per heavy atom. The summed E-state index contributed by atoms with van der Waals surface area (Å²) >= 11 is 0. The number of nitrogens with zero attached hydrogens (tertiary/aromatic N) is 2. The Balaban J connectivity index is 2.51. The number of aromatic amines is 1. The number of aromatic nitrogens is 3. The molecule has 7 heteroatoms. The van der Waals surface area contributed by atoms with Crippen LogP contribution in [0.5, 0.6) is 0 Å². The largest absolute Gasteiger partial charge is 0.347 e. The molecule has 86 valence electrons. The van der Waals surface area contributed by atoms with Gasteiger partial charge in [0.05, 0.1) is 10.3 Å². The monoisotopic (exact) mass is 249 g/mol. The Hall–Kier alpha value is -2.15. The molecule has 3 rings (SSSR count). The number of benzene rings is 1. The Morgan fingerprint density at radius 3 is 2.82 bits per heavy atom. The van der Waals surface area contributed by atoms with E-state index in [-0.39, 0.29) is 4.90 Å². The summed E-state index contributed by atoms with van der Waals surface area (Å²) in [7, 11) is -3.53. The molecule has 1 aliphatic heterocycles. The van der Waals surface area contributed by atoms with Crippen LogP contribution in [-0.2, 0) is 9.84 Å². The van der Waals surface area contributed by atoms with E-state index in [4.69, 9.17) is 0 Å². The van der Waals surface area contributed by atoms with Crippen molar-refractivity contribution in [2.24, 2.45) is 0 Å². The van der Waals surface area contributed by atoms with Crippen LogP contribution in [0.2, 0.25) is 0 Å². The van der Waals surface area contributed by atoms with Crippen molar-refractivity contribution in [2.45, 2.75) is 4.90 Å². The molecule has 17 heavy (non-hydrogen) atoms. The molecule has 0 bridgehead atoms. The minimum atomic E-state index is -3.53. The van der Waals surface area contributed by atoms with E-state index in [1.807, 2.05) is 0 Å². The molecule has 1 aromatic heterocycles. The van der Waals surface area contributed by atoms with E-state index in [1.165, 1.54) is 16.8 Å². The lowest BCUT2D eigenvalue weighted by atomic mass is 10.2. The van der Waals surface area contributed by atoms with Gasteiger partial charge in [0.2, 0.25) is 9.84 Å². The third-order valence-corrected chi connectivity index (χ3v) is 3.98. The second kappa shape index (κ2) is 3.17. The lowest BCUT2D eigenvalue weighted by molar-refractivity contribution is 0.605. The molecule has 1 aliphatic rings. The molecule has 0 amide bonds. The zero-order valence-corrected chi connectivity index (χ0v) is 9.31. The van der Waals surface area contributed by atoms with Gasteiger partial charge in [-0.2, -0.15) is 5.10 Å². The molecule has 2 heterocycles. The fourth-order valence-corrected chi connectivity index (χ4v) is 2.91. The van der Waals surface area contributed by atoms with Gasteiger partial charge in [-0.25, -0.2) is 22.9 Å². The lowest BCUT2D eigenvalue weighted by Gasteiger charge is -2.03.